The van der Waals surface area contributed by atoms with E-state index in [2.05, 4.69) is 36.1 Å². The average Bonchev–Trinajstić information content (AvgIpc) is 3.69. The van der Waals surface area contributed by atoms with Crippen LogP contribution in [0.2, 0.25) is 5.02 Å². The number of aryl methyl sites for hydroxylation is 1. The number of anilines is 1. The first-order valence-electron chi connectivity index (χ1n) is 13.4. The van der Waals surface area contributed by atoms with Crippen molar-refractivity contribution in [3.8, 4) is 23.1 Å². The summed E-state index contributed by atoms with van der Waals surface area (Å²) < 4.78 is 40.5. The minimum atomic E-state index is -4.83. The maximum atomic E-state index is 14.1. The summed E-state index contributed by atoms with van der Waals surface area (Å²) >= 11 is 6.43. The van der Waals surface area contributed by atoms with Gasteiger partial charge < -0.3 is 16.4 Å². The van der Waals surface area contributed by atoms with Crippen LogP contribution in [0.15, 0.2) is 54.7 Å². The molecule has 14 nitrogen and oxygen atoms in total. The monoisotopic (exact) mass is 663 g/mol. The molecule has 3 heterocycles. The first-order chi connectivity index (χ1) is 22.3. The lowest BCUT2D eigenvalue weighted by Gasteiger charge is -2.17. The Labute approximate surface area is 268 Å². The van der Waals surface area contributed by atoms with E-state index >= 15 is 0 Å². The summed E-state index contributed by atoms with van der Waals surface area (Å²) in [5, 5.41) is 29.0. The Morgan fingerprint density at radius 1 is 1.06 bits per heavy atom. The van der Waals surface area contributed by atoms with Gasteiger partial charge in [-0.05, 0) is 54.1 Å². The summed E-state index contributed by atoms with van der Waals surface area (Å²) in [5.74, 6) is -3.78. The van der Waals surface area contributed by atoms with Gasteiger partial charge >= 0.3 is 6.18 Å². The van der Waals surface area contributed by atoms with Crippen molar-refractivity contribution in [2.24, 2.45) is 5.73 Å². The number of nitrogens with two attached hydrogens (primary N) is 1. The van der Waals surface area contributed by atoms with E-state index < -0.39 is 29.7 Å². The van der Waals surface area contributed by atoms with Crippen molar-refractivity contribution in [1.82, 2.24) is 40.3 Å². The number of primary amides is 1. The van der Waals surface area contributed by atoms with E-state index in [1.165, 1.54) is 60.4 Å². The van der Waals surface area contributed by atoms with Crippen molar-refractivity contribution < 1.29 is 27.6 Å². The summed E-state index contributed by atoms with van der Waals surface area (Å²) in [5.41, 5.74) is 6.18. The number of carbonyl (C=O) groups is 3. The predicted octanol–water partition coefficient (Wildman–Crippen LogP) is 3.53. The number of benzene rings is 2. The number of rotatable bonds is 8. The van der Waals surface area contributed by atoms with Crippen LogP contribution in [0.5, 0.6) is 0 Å². The molecule has 0 spiro atoms. The van der Waals surface area contributed by atoms with E-state index in [4.69, 9.17) is 17.3 Å². The van der Waals surface area contributed by atoms with Crippen molar-refractivity contribution in [3.63, 3.8) is 0 Å². The van der Waals surface area contributed by atoms with Gasteiger partial charge in [0.25, 0.3) is 17.6 Å². The highest BCUT2D eigenvalue weighted by atomic mass is 35.5. The van der Waals surface area contributed by atoms with Gasteiger partial charge in [0.2, 0.25) is 5.91 Å². The molecular formula is C29H21ClF3N11O3. The van der Waals surface area contributed by atoms with Crippen LogP contribution < -0.4 is 16.4 Å². The molecule has 5 rings (SSSR count). The largest absolute Gasteiger partial charge is 0.455 e. The van der Waals surface area contributed by atoms with E-state index in [1.807, 2.05) is 6.07 Å². The number of hydrogen-bond donors (Lipinski definition) is 3. The number of amides is 3. The Balaban J connectivity index is 1.69. The van der Waals surface area contributed by atoms with Crippen LogP contribution in [0.3, 0.4) is 0 Å². The highest BCUT2D eigenvalue weighted by Crippen LogP contribution is 2.33. The molecule has 0 unspecified atom stereocenters. The van der Waals surface area contributed by atoms with Gasteiger partial charge in [-0.15, -0.1) is 10.2 Å². The van der Waals surface area contributed by atoms with Crippen molar-refractivity contribution >= 4 is 35.0 Å². The van der Waals surface area contributed by atoms with Crippen LogP contribution in [-0.4, -0.2) is 59.7 Å². The Kier molecular flexibility index (Phi) is 8.71. The van der Waals surface area contributed by atoms with Gasteiger partial charge in [0.15, 0.2) is 5.82 Å². The first kappa shape index (κ1) is 32.2. The van der Waals surface area contributed by atoms with Crippen LogP contribution >= 0.6 is 11.6 Å². The average molecular weight is 664 g/mol. The van der Waals surface area contributed by atoms with Crippen LogP contribution in [-0.2, 0) is 12.7 Å². The predicted molar refractivity (Wildman–Crippen MR) is 159 cm³/mol. The summed E-state index contributed by atoms with van der Waals surface area (Å²) in [7, 11) is 1.38. The SMILES string of the molecule is CNC(=O)c1cc(C#N)cc(C)c1NC(=O)c1c(C(N)=O)cccc1-c1cc(Cn2nnc(C(F)(F)F)n2)nn1-c1ncccc1Cl. The summed E-state index contributed by atoms with van der Waals surface area (Å²) in [4.78, 5) is 44.4. The lowest BCUT2D eigenvalue weighted by atomic mass is 9.96. The highest BCUT2D eigenvalue weighted by molar-refractivity contribution is 6.32. The normalized spacial score (nSPS) is 11.2. The highest BCUT2D eigenvalue weighted by Gasteiger charge is 2.37. The summed E-state index contributed by atoms with van der Waals surface area (Å²) in [6, 6.07) is 13.5. The summed E-state index contributed by atoms with van der Waals surface area (Å²) in [6.45, 7) is 1.20. The molecule has 0 aliphatic rings. The molecular weight excluding hydrogens is 643 g/mol. The van der Waals surface area contributed by atoms with Gasteiger partial charge in [0, 0.05) is 18.8 Å². The van der Waals surface area contributed by atoms with E-state index in [-0.39, 0.29) is 62.3 Å². The fraction of sp³-hybridized carbons (Fsp3) is 0.138. The lowest BCUT2D eigenvalue weighted by Crippen LogP contribution is -2.25. The Bertz CT molecular complexity index is 2100. The number of carbonyl (C=O) groups excluding carboxylic acids is 3. The molecule has 0 atom stereocenters. The minimum Gasteiger partial charge on any atom is -0.366 e. The van der Waals surface area contributed by atoms with Crippen molar-refractivity contribution in [1.29, 1.82) is 5.26 Å². The molecule has 3 aromatic heterocycles. The number of tetrazole rings is 1. The minimum absolute atomic E-state index is 0.0124. The molecule has 4 N–H and O–H groups in total. The van der Waals surface area contributed by atoms with Crippen molar-refractivity contribution in [2.45, 2.75) is 19.6 Å². The number of alkyl halides is 3. The van der Waals surface area contributed by atoms with Crippen LogP contribution in [0.4, 0.5) is 18.9 Å². The Hall–Kier alpha value is -6.15. The van der Waals surface area contributed by atoms with Gasteiger partial charge in [-0.3, -0.25) is 14.4 Å². The fourth-order valence-corrected chi connectivity index (χ4v) is 4.89. The number of halogens is 4. The van der Waals surface area contributed by atoms with Gasteiger partial charge in [-0.25, -0.2) is 9.67 Å². The van der Waals surface area contributed by atoms with Gasteiger partial charge in [0.1, 0.15) is 6.54 Å². The zero-order valence-electron chi connectivity index (χ0n) is 24.3. The van der Waals surface area contributed by atoms with Crippen molar-refractivity contribution in [3.05, 3.63) is 99.1 Å². The number of pyridine rings is 1. The van der Waals surface area contributed by atoms with Gasteiger partial charge in [-0.2, -0.15) is 28.3 Å². The standard InChI is InChI=1S/C29H21ClF3N11O3/c1-14-9-15(12-34)10-19(26(46)36-2)23(14)38-27(47)22-17(5-3-6-18(22)24(35)45)21-11-16(13-43-41-28(39-42-43)29(31,32)33)40-44(21)25-20(30)7-4-8-37-25/h3-11H,13H2,1-2H3,(H2,35,45)(H,36,46)(H,38,47). The number of nitrogens with one attached hydrogen (secondary N) is 2. The van der Waals surface area contributed by atoms with E-state index in [1.54, 1.807) is 13.0 Å². The zero-order valence-corrected chi connectivity index (χ0v) is 25.1. The van der Waals surface area contributed by atoms with Gasteiger partial charge in [-0.1, -0.05) is 23.7 Å². The molecule has 0 radical (unpaired) electrons. The van der Waals surface area contributed by atoms with Crippen LogP contribution in [0.25, 0.3) is 17.1 Å². The Morgan fingerprint density at radius 3 is 2.47 bits per heavy atom. The number of hydrogen-bond acceptors (Lipinski definition) is 9. The quantitative estimate of drug-likeness (QED) is 0.222. The van der Waals surface area contributed by atoms with Crippen LogP contribution in [0.1, 0.15) is 53.7 Å². The molecule has 0 fully saturated rings. The third-order valence-corrected chi connectivity index (χ3v) is 7.01. The van der Waals surface area contributed by atoms with E-state index in [0.717, 1.165) is 0 Å². The molecule has 238 valence electrons. The molecule has 3 amide bonds. The molecule has 2 aromatic carbocycles. The molecule has 0 saturated heterocycles. The van der Waals surface area contributed by atoms with E-state index in [0.29, 0.717) is 10.4 Å². The number of nitriles is 1. The molecule has 0 bridgehead atoms. The Morgan fingerprint density at radius 2 is 1.83 bits per heavy atom. The van der Waals surface area contributed by atoms with Gasteiger partial charge in [0.05, 0.1) is 50.4 Å². The second-order valence-corrected chi connectivity index (χ2v) is 10.2. The molecule has 0 saturated carbocycles. The van der Waals surface area contributed by atoms with Crippen molar-refractivity contribution in [2.75, 3.05) is 12.4 Å². The maximum Gasteiger partial charge on any atom is 0.455 e. The molecule has 0 aliphatic carbocycles. The molecule has 0 aliphatic heterocycles. The molecule has 5 aromatic rings. The summed E-state index contributed by atoms with van der Waals surface area (Å²) in [6.07, 6.45) is -3.41. The lowest BCUT2D eigenvalue weighted by molar-refractivity contribution is -0.145. The van der Waals surface area contributed by atoms with E-state index in [9.17, 15) is 32.8 Å². The number of aromatic nitrogens is 7. The zero-order chi connectivity index (χ0) is 34.0. The molecule has 18 heteroatoms. The topological polar surface area (TPSA) is 199 Å². The second kappa shape index (κ2) is 12.7. The second-order valence-electron chi connectivity index (χ2n) is 9.84. The third kappa shape index (κ3) is 6.48. The third-order valence-electron chi connectivity index (χ3n) is 6.72. The maximum absolute atomic E-state index is 14.1. The van der Waals surface area contributed by atoms with Crippen LogP contribution in [0, 0.1) is 18.3 Å². The smallest absolute Gasteiger partial charge is 0.366 e. The first-order valence-corrected chi connectivity index (χ1v) is 13.8. The number of nitrogens with zero attached hydrogens (tertiary/aromatic N) is 8. The molecule has 47 heavy (non-hydrogen) atoms. The fourth-order valence-electron chi connectivity index (χ4n) is 4.69.